The van der Waals surface area contributed by atoms with Crippen LogP contribution in [0.25, 0.3) is 0 Å². The van der Waals surface area contributed by atoms with Crippen molar-refractivity contribution in [1.29, 1.82) is 0 Å². The Labute approximate surface area is 131 Å². The van der Waals surface area contributed by atoms with Crippen molar-refractivity contribution in [2.45, 2.75) is 26.2 Å². The van der Waals surface area contributed by atoms with Gasteiger partial charge in [-0.15, -0.1) is 11.3 Å². The zero-order valence-corrected chi connectivity index (χ0v) is 13.7. The molecule has 21 heavy (non-hydrogen) atoms. The van der Waals surface area contributed by atoms with Crippen LogP contribution in [0.5, 0.6) is 0 Å². The first kappa shape index (κ1) is 16.7. The van der Waals surface area contributed by atoms with Crippen LogP contribution >= 0.6 is 11.3 Å². The van der Waals surface area contributed by atoms with Gasteiger partial charge in [-0.1, -0.05) is 13.3 Å². The molecule has 2 heterocycles. The number of rotatable bonds is 8. The van der Waals surface area contributed by atoms with Crippen molar-refractivity contribution in [2.75, 3.05) is 50.8 Å². The molecule has 0 spiro atoms. The highest BCUT2D eigenvalue weighted by atomic mass is 32.1. The second-order valence-corrected chi connectivity index (χ2v) is 7.10. The van der Waals surface area contributed by atoms with Gasteiger partial charge in [0, 0.05) is 43.2 Å². The molecule has 6 heteroatoms. The molecule has 0 amide bonds. The first-order valence-corrected chi connectivity index (χ1v) is 8.63. The molecule has 2 N–H and O–H groups in total. The molecule has 0 unspecified atom stereocenters. The number of unbranched alkanes of at least 4 members (excludes halogenated alkanes) is 1. The van der Waals surface area contributed by atoms with Gasteiger partial charge in [-0.2, -0.15) is 0 Å². The van der Waals surface area contributed by atoms with Crippen LogP contribution in [0.1, 0.15) is 26.2 Å². The summed E-state index contributed by atoms with van der Waals surface area (Å²) in [7, 11) is 0. The standard InChI is InChI=1S/C15H27N3O2S/c1-15(12-19,13-20)4-2-3-6-17-7-9-18(10-8-17)14-16-5-11-21-14/h5,11,19-20H,2-4,6-10,12-13H2,1H3. The fraction of sp³-hybridized carbons (Fsp3) is 0.800. The molecule has 0 aromatic carbocycles. The SMILES string of the molecule is CC(CO)(CO)CCCCN1CCN(c2nccs2)CC1. The lowest BCUT2D eigenvalue weighted by Gasteiger charge is -2.34. The van der Waals surface area contributed by atoms with E-state index in [1.165, 1.54) is 0 Å². The van der Waals surface area contributed by atoms with Gasteiger partial charge >= 0.3 is 0 Å². The van der Waals surface area contributed by atoms with E-state index >= 15 is 0 Å². The average molecular weight is 313 g/mol. The molecule has 1 aliphatic rings. The zero-order valence-electron chi connectivity index (χ0n) is 12.9. The second-order valence-electron chi connectivity index (χ2n) is 6.23. The topological polar surface area (TPSA) is 59.8 Å². The number of hydrogen-bond donors (Lipinski definition) is 2. The van der Waals surface area contributed by atoms with Crippen molar-refractivity contribution in [3.63, 3.8) is 0 Å². The maximum absolute atomic E-state index is 9.27. The van der Waals surface area contributed by atoms with E-state index in [9.17, 15) is 10.2 Å². The van der Waals surface area contributed by atoms with Gasteiger partial charge in [-0.3, -0.25) is 4.90 Å². The normalized spacial score (nSPS) is 17.4. The summed E-state index contributed by atoms with van der Waals surface area (Å²) < 4.78 is 0. The zero-order chi connectivity index (χ0) is 15.1. The third-order valence-electron chi connectivity index (χ3n) is 4.33. The van der Waals surface area contributed by atoms with Gasteiger partial charge in [0.2, 0.25) is 0 Å². The first-order chi connectivity index (χ1) is 10.2. The molecule has 1 aromatic heterocycles. The van der Waals surface area contributed by atoms with Crippen LogP contribution in [-0.2, 0) is 0 Å². The fourth-order valence-corrected chi connectivity index (χ4v) is 3.33. The van der Waals surface area contributed by atoms with Crippen molar-refractivity contribution in [1.82, 2.24) is 9.88 Å². The maximum Gasteiger partial charge on any atom is 0.185 e. The molecular weight excluding hydrogens is 286 g/mol. The highest BCUT2D eigenvalue weighted by Crippen LogP contribution is 2.23. The molecule has 120 valence electrons. The first-order valence-electron chi connectivity index (χ1n) is 7.75. The van der Waals surface area contributed by atoms with Crippen LogP contribution in [0.4, 0.5) is 5.13 Å². The Morgan fingerprint density at radius 3 is 2.48 bits per heavy atom. The van der Waals surface area contributed by atoms with E-state index < -0.39 is 0 Å². The van der Waals surface area contributed by atoms with Crippen LogP contribution in [0.2, 0.25) is 0 Å². The van der Waals surface area contributed by atoms with Crippen LogP contribution in [0, 0.1) is 5.41 Å². The van der Waals surface area contributed by atoms with E-state index in [-0.39, 0.29) is 18.6 Å². The number of aliphatic hydroxyl groups excluding tert-OH is 2. The van der Waals surface area contributed by atoms with Gasteiger partial charge in [0.05, 0.1) is 13.2 Å². The minimum atomic E-state index is -0.316. The predicted molar refractivity (Wildman–Crippen MR) is 86.9 cm³/mol. The maximum atomic E-state index is 9.27. The lowest BCUT2D eigenvalue weighted by molar-refractivity contribution is 0.0598. The van der Waals surface area contributed by atoms with Crippen LogP contribution in [0.3, 0.4) is 0 Å². The number of nitrogens with zero attached hydrogens (tertiary/aromatic N) is 3. The molecule has 0 bridgehead atoms. The van der Waals surface area contributed by atoms with E-state index in [0.717, 1.165) is 57.1 Å². The predicted octanol–water partition coefficient (Wildman–Crippen LogP) is 1.43. The van der Waals surface area contributed by atoms with E-state index in [1.54, 1.807) is 11.3 Å². The van der Waals surface area contributed by atoms with E-state index in [1.807, 2.05) is 18.5 Å². The molecule has 1 saturated heterocycles. The number of aromatic nitrogens is 1. The Hall–Kier alpha value is -0.690. The number of piperazine rings is 1. The molecule has 1 fully saturated rings. The number of hydrogen-bond acceptors (Lipinski definition) is 6. The summed E-state index contributed by atoms with van der Waals surface area (Å²) in [5.41, 5.74) is -0.316. The van der Waals surface area contributed by atoms with Gasteiger partial charge in [0.25, 0.3) is 0 Å². The third-order valence-corrected chi connectivity index (χ3v) is 5.16. The van der Waals surface area contributed by atoms with Gasteiger partial charge in [0.1, 0.15) is 0 Å². The molecule has 2 rings (SSSR count). The summed E-state index contributed by atoms with van der Waals surface area (Å²) in [5, 5.41) is 21.7. The third kappa shape index (κ3) is 4.92. The quantitative estimate of drug-likeness (QED) is 0.711. The van der Waals surface area contributed by atoms with E-state index in [0.29, 0.717) is 0 Å². The lowest BCUT2D eigenvalue weighted by atomic mass is 9.87. The Morgan fingerprint density at radius 1 is 1.19 bits per heavy atom. The highest BCUT2D eigenvalue weighted by Gasteiger charge is 2.22. The summed E-state index contributed by atoms with van der Waals surface area (Å²) >= 11 is 1.71. The Kier molecular flexibility index (Phi) is 6.41. The molecule has 0 atom stereocenters. The monoisotopic (exact) mass is 313 g/mol. The van der Waals surface area contributed by atoms with Crippen molar-refractivity contribution >= 4 is 16.5 Å². The van der Waals surface area contributed by atoms with Crippen LogP contribution in [0.15, 0.2) is 11.6 Å². The minimum absolute atomic E-state index is 0.0655. The van der Waals surface area contributed by atoms with E-state index in [4.69, 9.17) is 0 Å². The van der Waals surface area contributed by atoms with Gasteiger partial charge in [-0.05, 0) is 19.4 Å². The highest BCUT2D eigenvalue weighted by molar-refractivity contribution is 7.13. The summed E-state index contributed by atoms with van der Waals surface area (Å²) in [6, 6.07) is 0. The van der Waals surface area contributed by atoms with Crippen molar-refractivity contribution in [3.05, 3.63) is 11.6 Å². The molecule has 0 aliphatic carbocycles. The van der Waals surface area contributed by atoms with Crippen molar-refractivity contribution < 1.29 is 10.2 Å². The average Bonchev–Trinajstić information content (AvgIpc) is 3.06. The number of aliphatic hydroxyl groups is 2. The molecular formula is C15H27N3O2S. The van der Waals surface area contributed by atoms with Crippen LogP contribution in [-0.4, -0.2) is 66.0 Å². The second kappa shape index (κ2) is 8.08. The molecule has 1 aliphatic heterocycles. The largest absolute Gasteiger partial charge is 0.396 e. The number of thiazole rings is 1. The van der Waals surface area contributed by atoms with Gasteiger partial charge in [-0.25, -0.2) is 4.98 Å². The number of anilines is 1. The fourth-order valence-electron chi connectivity index (χ4n) is 2.63. The minimum Gasteiger partial charge on any atom is -0.396 e. The Bertz CT molecular complexity index is 388. The summed E-state index contributed by atoms with van der Waals surface area (Å²) in [5.74, 6) is 0. The smallest absolute Gasteiger partial charge is 0.185 e. The molecule has 5 nitrogen and oxygen atoms in total. The lowest BCUT2D eigenvalue weighted by Crippen LogP contribution is -2.46. The molecule has 0 saturated carbocycles. The van der Waals surface area contributed by atoms with Crippen LogP contribution < -0.4 is 4.90 Å². The summed E-state index contributed by atoms with van der Waals surface area (Å²) in [6.07, 6.45) is 4.95. The Balaban J connectivity index is 1.61. The summed E-state index contributed by atoms with van der Waals surface area (Å²) in [4.78, 5) is 9.22. The van der Waals surface area contributed by atoms with Crippen molar-refractivity contribution in [2.24, 2.45) is 5.41 Å². The summed E-state index contributed by atoms with van der Waals surface area (Å²) in [6.45, 7) is 7.48. The van der Waals surface area contributed by atoms with Gasteiger partial charge in [0.15, 0.2) is 5.13 Å². The Morgan fingerprint density at radius 2 is 1.90 bits per heavy atom. The molecule has 1 aromatic rings. The molecule has 0 radical (unpaired) electrons. The van der Waals surface area contributed by atoms with E-state index in [2.05, 4.69) is 14.8 Å². The van der Waals surface area contributed by atoms with Gasteiger partial charge < -0.3 is 15.1 Å². The van der Waals surface area contributed by atoms with Crippen molar-refractivity contribution in [3.8, 4) is 0 Å².